The van der Waals surface area contributed by atoms with E-state index < -0.39 is 10.0 Å². The Kier molecular flexibility index (Phi) is 4.70. The van der Waals surface area contributed by atoms with Crippen LogP contribution in [0.15, 0.2) is 23.7 Å². The SMILES string of the molecule is NS(=O)(=O)CCCNCc1cn[nH]c1-c1cccs1. The molecule has 0 aliphatic rings. The molecule has 0 aromatic carbocycles. The van der Waals surface area contributed by atoms with Gasteiger partial charge < -0.3 is 5.32 Å². The fraction of sp³-hybridized carbons (Fsp3) is 0.364. The van der Waals surface area contributed by atoms with E-state index in [0.29, 0.717) is 19.5 Å². The molecule has 104 valence electrons. The van der Waals surface area contributed by atoms with Crippen LogP contribution in [0.5, 0.6) is 0 Å². The third-order valence-corrected chi connectivity index (χ3v) is 4.33. The first-order valence-electron chi connectivity index (χ1n) is 5.83. The maximum absolute atomic E-state index is 10.8. The molecule has 0 atom stereocenters. The summed E-state index contributed by atoms with van der Waals surface area (Å²) >= 11 is 1.65. The number of aromatic nitrogens is 2. The van der Waals surface area contributed by atoms with Crippen molar-refractivity contribution in [3.05, 3.63) is 29.3 Å². The summed E-state index contributed by atoms with van der Waals surface area (Å²) in [7, 11) is -3.36. The first-order chi connectivity index (χ1) is 9.06. The molecule has 0 radical (unpaired) electrons. The predicted octanol–water partition coefficient (Wildman–Crippen LogP) is 0.906. The number of sulfonamides is 1. The molecule has 2 aromatic rings. The average molecular weight is 300 g/mol. The van der Waals surface area contributed by atoms with Crippen LogP contribution in [-0.2, 0) is 16.6 Å². The quantitative estimate of drug-likeness (QED) is 0.661. The highest BCUT2D eigenvalue weighted by molar-refractivity contribution is 7.89. The lowest BCUT2D eigenvalue weighted by Gasteiger charge is -2.04. The number of thiophene rings is 1. The summed E-state index contributed by atoms with van der Waals surface area (Å²) in [6.07, 6.45) is 2.28. The maximum Gasteiger partial charge on any atom is 0.209 e. The molecule has 2 heterocycles. The number of rotatable bonds is 7. The first kappa shape index (κ1) is 14.2. The van der Waals surface area contributed by atoms with Crippen molar-refractivity contribution >= 4 is 21.4 Å². The second-order valence-corrected chi connectivity index (χ2v) is 6.83. The largest absolute Gasteiger partial charge is 0.313 e. The van der Waals surface area contributed by atoms with Gasteiger partial charge in [0.15, 0.2) is 0 Å². The van der Waals surface area contributed by atoms with E-state index in [1.54, 1.807) is 17.5 Å². The van der Waals surface area contributed by atoms with Crippen LogP contribution in [0.3, 0.4) is 0 Å². The van der Waals surface area contributed by atoms with Crippen LogP contribution in [0.1, 0.15) is 12.0 Å². The normalized spacial score (nSPS) is 11.8. The molecule has 0 spiro atoms. The summed E-state index contributed by atoms with van der Waals surface area (Å²) in [5.74, 6) is 0.00314. The molecule has 0 unspecified atom stereocenters. The van der Waals surface area contributed by atoms with Gasteiger partial charge in [0.2, 0.25) is 10.0 Å². The Morgan fingerprint density at radius 2 is 2.32 bits per heavy atom. The number of H-pyrrole nitrogens is 1. The summed E-state index contributed by atoms with van der Waals surface area (Å²) < 4.78 is 21.5. The molecule has 2 rings (SSSR count). The van der Waals surface area contributed by atoms with Crippen LogP contribution in [0.2, 0.25) is 0 Å². The Hall–Kier alpha value is -1.22. The van der Waals surface area contributed by atoms with Crippen molar-refractivity contribution < 1.29 is 8.42 Å². The monoisotopic (exact) mass is 300 g/mol. The molecule has 2 aromatic heterocycles. The number of nitrogens with one attached hydrogen (secondary N) is 2. The lowest BCUT2D eigenvalue weighted by Crippen LogP contribution is -2.22. The minimum Gasteiger partial charge on any atom is -0.313 e. The summed E-state index contributed by atoms with van der Waals surface area (Å²) in [6, 6.07) is 4.02. The number of hydrogen-bond donors (Lipinski definition) is 3. The Labute approximate surface area is 116 Å². The van der Waals surface area contributed by atoms with Gasteiger partial charge in [-0.1, -0.05) is 6.07 Å². The molecule has 0 aliphatic heterocycles. The van der Waals surface area contributed by atoms with Crippen LogP contribution in [0, 0.1) is 0 Å². The highest BCUT2D eigenvalue weighted by atomic mass is 32.2. The number of primary sulfonamides is 1. The lowest BCUT2D eigenvalue weighted by molar-refractivity contribution is 0.590. The van der Waals surface area contributed by atoms with Crippen LogP contribution in [-0.4, -0.2) is 30.9 Å². The van der Waals surface area contributed by atoms with Gasteiger partial charge in [-0.3, -0.25) is 5.10 Å². The third-order valence-electron chi connectivity index (χ3n) is 2.58. The summed E-state index contributed by atoms with van der Waals surface area (Å²) in [5.41, 5.74) is 2.08. The van der Waals surface area contributed by atoms with Crippen LogP contribution in [0.4, 0.5) is 0 Å². The molecule has 6 nitrogen and oxygen atoms in total. The van der Waals surface area contributed by atoms with Crippen molar-refractivity contribution in [2.24, 2.45) is 5.14 Å². The minimum atomic E-state index is -3.36. The van der Waals surface area contributed by atoms with Gasteiger partial charge in [-0.25, -0.2) is 13.6 Å². The Balaban J connectivity index is 1.83. The second kappa shape index (κ2) is 6.29. The van der Waals surface area contributed by atoms with Gasteiger partial charge in [0, 0.05) is 12.1 Å². The fourth-order valence-electron chi connectivity index (χ4n) is 1.70. The number of hydrogen-bond acceptors (Lipinski definition) is 5. The van der Waals surface area contributed by atoms with E-state index in [9.17, 15) is 8.42 Å². The number of nitrogens with two attached hydrogens (primary N) is 1. The standard InChI is InChI=1S/C11H16N4O2S2/c12-19(16,17)6-2-4-13-7-9-8-14-15-11(9)10-3-1-5-18-10/h1,3,5,8,13H,2,4,6-7H2,(H,14,15)(H2,12,16,17). The van der Waals surface area contributed by atoms with Crippen molar-refractivity contribution in [1.29, 1.82) is 0 Å². The van der Waals surface area contributed by atoms with Crippen molar-refractivity contribution in [2.75, 3.05) is 12.3 Å². The van der Waals surface area contributed by atoms with Gasteiger partial charge in [-0.2, -0.15) is 5.10 Å². The first-order valence-corrected chi connectivity index (χ1v) is 8.43. The topological polar surface area (TPSA) is 101 Å². The van der Waals surface area contributed by atoms with Crippen molar-refractivity contribution in [3.63, 3.8) is 0 Å². The lowest BCUT2D eigenvalue weighted by atomic mass is 10.2. The average Bonchev–Trinajstić information content (AvgIpc) is 2.96. The van der Waals surface area contributed by atoms with E-state index in [1.165, 1.54) is 0 Å². The third kappa shape index (κ3) is 4.43. The summed E-state index contributed by atoms with van der Waals surface area (Å²) in [4.78, 5) is 1.14. The molecule has 0 saturated carbocycles. The molecule has 0 aliphatic carbocycles. The molecular weight excluding hydrogens is 284 g/mol. The van der Waals surface area contributed by atoms with Crippen LogP contribution in [0.25, 0.3) is 10.6 Å². The Morgan fingerprint density at radius 1 is 1.47 bits per heavy atom. The highest BCUT2D eigenvalue weighted by Gasteiger charge is 2.08. The maximum atomic E-state index is 10.8. The summed E-state index contributed by atoms with van der Waals surface area (Å²) in [5, 5.41) is 17.2. The smallest absolute Gasteiger partial charge is 0.209 e. The van der Waals surface area contributed by atoms with Crippen molar-refractivity contribution in [3.8, 4) is 10.6 Å². The van der Waals surface area contributed by atoms with Crippen molar-refractivity contribution in [1.82, 2.24) is 15.5 Å². The van der Waals surface area contributed by atoms with E-state index in [1.807, 2.05) is 17.5 Å². The second-order valence-electron chi connectivity index (χ2n) is 4.14. The van der Waals surface area contributed by atoms with Gasteiger partial charge >= 0.3 is 0 Å². The van der Waals surface area contributed by atoms with E-state index in [4.69, 9.17) is 5.14 Å². The number of nitrogens with zero attached hydrogens (tertiary/aromatic N) is 1. The van der Waals surface area contributed by atoms with Crippen LogP contribution >= 0.6 is 11.3 Å². The predicted molar refractivity (Wildman–Crippen MR) is 76.2 cm³/mol. The minimum absolute atomic E-state index is 0.00314. The zero-order chi connectivity index (χ0) is 13.7. The zero-order valence-corrected chi connectivity index (χ0v) is 11.9. The summed E-state index contributed by atoms with van der Waals surface area (Å²) in [6.45, 7) is 1.25. The van der Waals surface area contributed by atoms with Gasteiger partial charge in [-0.05, 0) is 24.4 Å². The van der Waals surface area contributed by atoms with E-state index >= 15 is 0 Å². The van der Waals surface area contributed by atoms with Gasteiger partial charge in [0.1, 0.15) is 0 Å². The van der Waals surface area contributed by atoms with Gasteiger partial charge in [0.05, 0.1) is 22.5 Å². The van der Waals surface area contributed by atoms with E-state index in [2.05, 4.69) is 15.5 Å². The molecule has 0 amide bonds. The molecule has 0 bridgehead atoms. The zero-order valence-electron chi connectivity index (χ0n) is 10.3. The molecule has 0 fully saturated rings. The van der Waals surface area contributed by atoms with Crippen LogP contribution < -0.4 is 10.5 Å². The van der Waals surface area contributed by atoms with Crippen molar-refractivity contribution in [2.45, 2.75) is 13.0 Å². The van der Waals surface area contributed by atoms with E-state index in [-0.39, 0.29) is 5.75 Å². The molecule has 8 heteroatoms. The Bertz CT molecular complexity index is 604. The molecule has 4 N–H and O–H groups in total. The Morgan fingerprint density at radius 3 is 3.00 bits per heavy atom. The van der Waals surface area contributed by atoms with Gasteiger partial charge in [0.25, 0.3) is 0 Å². The number of aromatic amines is 1. The molecule has 19 heavy (non-hydrogen) atoms. The molecular formula is C11H16N4O2S2. The molecule has 0 saturated heterocycles. The fourth-order valence-corrected chi connectivity index (χ4v) is 3.00. The van der Waals surface area contributed by atoms with Gasteiger partial charge in [-0.15, -0.1) is 11.3 Å². The van der Waals surface area contributed by atoms with E-state index in [0.717, 1.165) is 16.1 Å². The highest BCUT2D eigenvalue weighted by Crippen LogP contribution is 2.25.